The van der Waals surface area contributed by atoms with Crippen molar-refractivity contribution in [2.75, 3.05) is 51.9 Å². The van der Waals surface area contributed by atoms with E-state index in [0.29, 0.717) is 0 Å². The maximum atomic E-state index is 5.42. The Morgan fingerprint density at radius 1 is 1.07 bits per heavy atom. The number of ether oxygens (including phenoxy) is 2. The van der Waals surface area contributed by atoms with Gasteiger partial charge in [-0.25, -0.2) is 0 Å². The fourth-order valence-electron chi connectivity index (χ4n) is 3.28. The molecule has 0 amide bonds. The van der Waals surface area contributed by atoms with Crippen molar-refractivity contribution in [2.24, 2.45) is 4.99 Å². The van der Waals surface area contributed by atoms with Crippen LogP contribution in [0.1, 0.15) is 11.1 Å². The third-order valence-electron chi connectivity index (χ3n) is 4.88. The number of guanidine groups is 1. The largest absolute Gasteiger partial charge is 0.496 e. The van der Waals surface area contributed by atoms with E-state index in [1.54, 1.807) is 14.2 Å². The normalized spacial score (nSPS) is 14.1. The van der Waals surface area contributed by atoms with Crippen molar-refractivity contribution < 1.29 is 9.47 Å². The van der Waals surface area contributed by atoms with Crippen LogP contribution in [0, 0.1) is 0 Å². The first kappa shape index (κ1) is 23.3. The van der Waals surface area contributed by atoms with Crippen molar-refractivity contribution in [1.29, 1.82) is 0 Å². The van der Waals surface area contributed by atoms with E-state index in [1.807, 2.05) is 18.2 Å². The summed E-state index contributed by atoms with van der Waals surface area (Å²) >= 11 is 0. The lowest BCUT2D eigenvalue weighted by Crippen LogP contribution is -2.38. The summed E-state index contributed by atoms with van der Waals surface area (Å²) in [6.45, 7) is 5.05. The topological polar surface area (TPSA) is 58.1 Å². The number of morpholine rings is 1. The van der Waals surface area contributed by atoms with Crippen LogP contribution in [-0.4, -0.2) is 53.0 Å². The minimum atomic E-state index is 0. The van der Waals surface area contributed by atoms with Crippen molar-refractivity contribution in [3.8, 4) is 5.75 Å². The van der Waals surface area contributed by atoms with E-state index >= 15 is 0 Å². The number of nitrogens with zero attached hydrogens (tertiary/aromatic N) is 2. The van der Waals surface area contributed by atoms with E-state index in [-0.39, 0.29) is 24.0 Å². The zero-order valence-electron chi connectivity index (χ0n) is 17.2. The Kier molecular flexibility index (Phi) is 10.1. The lowest BCUT2D eigenvalue weighted by Gasteiger charge is -2.28. The van der Waals surface area contributed by atoms with Crippen molar-refractivity contribution in [3.05, 3.63) is 59.7 Å². The molecule has 0 spiro atoms. The van der Waals surface area contributed by atoms with Crippen LogP contribution in [0.4, 0.5) is 5.69 Å². The summed E-state index contributed by atoms with van der Waals surface area (Å²) in [7, 11) is 3.50. The zero-order chi connectivity index (χ0) is 19.6. The van der Waals surface area contributed by atoms with Gasteiger partial charge in [-0.05, 0) is 35.7 Å². The average molecular weight is 510 g/mol. The molecule has 1 fully saturated rings. The molecule has 0 unspecified atom stereocenters. The van der Waals surface area contributed by atoms with Gasteiger partial charge < -0.3 is 25.0 Å². The van der Waals surface area contributed by atoms with Crippen LogP contribution in [0.15, 0.2) is 53.5 Å². The lowest BCUT2D eigenvalue weighted by molar-refractivity contribution is 0.122. The molecule has 1 heterocycles. The maximum absolute atomic E-state index is 5.42. The molecule has 7 heteroatoms. The molecule has 3 rings (SSSR count). The quantitative estimate of drug-likeness (QED) is 0.341. The summed E-state index contributed by atoms with van der Waals surface area (Å²) < 4.78 is 10.8. The Labute approximate surface area is 190 Å². The van der Waals surface area contributed by atoms with Crippen LogP contribution < -0.4 is 20.3 Å². The number of methoxy groups -OCH3 is 1. The first-order chi connectivity index (χ1) is 13.8. The Hall–Kier alpha value is -2.00. The van der Waals surface area contributed by atoms with E-state index in [0.717, 1.165) is 57.5 Å². The van der Waals surface area contributed by atoms with Gasteiger partial charge in [0, 0.05) is 38.9 Å². The molecule has 0 radical (unpaired) electrons. The van der Waals surface area contributed by atoms with Gasteiger partial charge in [-0.2, -0.15) is 0 Å². The van der Waals surface area contributed by atoms with E-state index in [2.05, 4.69) is 50.9 Å². The Morgan fingerprint density at radius 2 is 1.79 bits per heavy atom. The van der Waals surface area contributed by atoms with Gasteiger partial charge in [-0.15, -0.1) is 24.0 Å². The van der Waals surface area contributed by atoms with E-state index in [1.165, 1.54) is 16.8 Å². The highest BCUT2D eigenvalue weighted by molar-refractivity contribution is 14.0. The smallest absolute Gasteiger partial charge is 0.191 e. The van der Waals surface area contributed by atoms with Gasteiger partial charge in [0.1, 0.15) is 5.75 Å². The summed E-state index contributed by atoms with van der Waals surface area (Å²) in [6, 6.07) is 16.8. The number of benzene rings is 2. The molecule has 2 N–H and O–H groups in total. The van der Waals surface area contributed by atoms with Gasteiger partial charge in [0.25, 0.3) is 0 Å². The predicted octanol–water partition coefficient (Wildman–Crippen LogP) is 3.06. The van der Waals surface area contributed by atoms with Crippen LogP contribution in [0.5, 0.6) is 5.75 Å². The molecule has 158 valence electrons. The van der Waals surface area contributed by atoms with Crippen LogP contribution in [-0.2, 0) is 17.7 Å². The summed E-state index contributed by atoms with van der Waals surface area (Å²) in [4.78, 5) is 6.67. The fourth-order valence-corrected chi connectivity index (χ4v) is 3.28. The summed E-state index contributed by atoms with van der Waals surface area (Å²) in [6.07, 6.45) is 0.874. The molecule has 6 nitrogen and oxygen atoms in total. The van der Waals surface area contributed by atoms with Gasteiger partial charge in [-0.1, -0.05) is 30.3 Å². The molecule has 29 heavy (non-hydrogen) atoms. The van der Waals surface area contributed by atoms with Crippen LogP contribution in [0.25, 0.3) is 0 Å². The number of rotatable bonds is 7. The second-order valence-corrected chi connectivity index (χ2v) is 6.68. The van der Waals surface area contributed by atoms with Crippen molar-refractivity contribution in [2.45, 2.75) is 13.0 Å². The lowest BCUT2D eigenvalue weighted by atomic mass is 10.1. The SMILES string of the molecule is CN=C(NCCc1ccccc1OC)NCc1ccc(N2CCOCC2)cc1.I. The molecule has 2 aromatic rings. The zero-order valence-corrected chi connectivity index (χ0v) is 19.5. The molecule has 0 aromatic heterocycles. The third-order valence-corrected chi connectivity index (χ3v) is 4.88. The molecule has 1 aliphatic heterocycles. The number of hydrogen-bond donors (Lipinski definition) is 2. The standard InChI is InChI=1S/C22H30N4O2.HI/c1-23-22(24-12-11-19-5-3-4-6-21(19)27-2)25-17-18-7-9-20(10-8-18)26-13-15-28-16-14-26;/h3-10H,11-17H2,1-2H3,(H2,23,24,25);1H. The number of nitrogens with one attached hydrogen (secondary N) is 2. The molecule has 0 atom stereocenters. The number of para-hydroxylation sites is 1. The number of halogens is 1. The molecular weight excluding hydrogens is 479 g/mol. The molecule has 0 bridgehead atoms. The minimum Gasteiger partial charge on any atom is -0.496 e. The number of hydrogen-bond acceptors (Lipinski definition) is 4. The Bertz CT molecular complexity index is 762. The van der Waals surface area contributed by atoms with Crippen LogP contribution >= 0.6 is 24.0 Å². The monoisotopic (exact) mass is 510 g/mol. The highest BCUT2D eigenvalue weighted by atomic mass is 127. The highest BCUT2D eigenvalue weighted by Gasteiger charge is 2.10. The maximum Gasteiger partial charge on any atom is 0.191 e. The second kappa shape index (κ2) is 12.5. The van der Waals surface area contributed by atoms with Gasteiger partial charge in [0.15, 0.2) is 5.96 Å². The van der Waals surface area contributed by atoms with Crippen LogP contribution in [0.3, 0.4) is 0 Å². The Balaban J connectivity index is 0.00000300. The molecule has 0 aliphatic carbocycles. The van der Waals surface area contributed by atoms with E-state index < -0.39 is 0 Å². The number of anilines is 1. The van der Waals surface area contributed by atoms with Gasteiger partial charge in [0.2, 0.25) is 0 Å². The molecule has 1 aliphatic rings. The molecule has 0 saturated carbocycles. The minimum absolute atomic E-state index is 0. The van der Waals surface area contributed by atoms with Crippen LogP contribution in [0.2, 0.25) is 0 Å². The third kappa shape index (κ3) is 7.08. The van der Waals surface area contributed by atoms with E-state index in [9.17, 15) is 0 Å². The van der Waals surface area contributed by atoms with Crippen molar-refractivity contribution >= 4 is 35.6 Å². The second-order valence-electron chi connectivity index (χ2n) is 6.68. The van der Waals surface area contributed by atoms with Gasteiger partial charge >= 0.3 is 0 Å². The molecular formula is C22H31IN4O2. The average Bonchev–Trinajstić information content (AvgIpc) is 2.77. The number of aliphatic imine (C=N–C) groups is 1. The summed E-state index contributed by atoms with van der Waals surface area (Å²) in [5.74, 6) is 1.72. The summed E-state index contributed by atoms with van der Waals surface area (Å²) in [5, 5.41) is 6.74. The highest BCUT2D eigenvalue weighted by Crippen LogP contribution is 2.18. The predicted molar refractivity (Wildman–Crippen MR) is 130 cm³/mol. The first-order valence-electron chi connectivity index (χ1n) is 9.78. The molecule has 2 aromatic carbocycles. The first-order valence-corrected chi connectivity index (χ1v) is 9.78. The van der Waals surface area contributed by atoms with E-state index in [4.69, 9.17) is 9.47 Å². The summed E-state index contributed by atoms with van der Waals surface area (Å²) in [5.41, 5.74) is 3.67. The van der Waals surface area contributed by atoms with Crippen molar-refractivity contribution in [1.82, 2.24) is 10.6 Å². The van der Waals surface area contributed by atoms with Gasteiger partial charge in [0.05, 0.1) is 20.3 Å². The van der Waals surface area contributed by atoms with Gasteiger partial charge in [-0.3, -0.25) is 4.99 Å². The Morgan fingerprint density at radius 3 is 2.48 bits per heavy atom. The molecule has 1 saturated heterocycles. The fraction of sp³-hybridized carbons (Fsp3) is 0.409. The van der Waals surface area contributed by atoms with Crippen molar-refractivity contribution in [3.63, 3.8) is 0 Å².